The number of aromatic nitrogens is 2. The van der Waals surface area contributed by atoms with Crippen LogP contribution < -0.4 is 19.9 Å². The first kappa shape index (κ1) is 13.4. The number of nitrogens with zero attached hydrogens (tertiary/aromatic N) is 2. The summed E-state index contributed by atoms with van der Waals surface area (Å²) in [6.45, 7) is 0. The van der Waals surface area contributed by atoms with Crippen LogP contribution in [-0.2, 0) is 0 Å². The largest absolute Gasteiger partial charge is 0.481 e. The second kappa shape index (κ2) is 5.75. The van der Waals surface area contributed by atoms with E-state index in [0.29, 0.717) is 27.7 Å². The van der Waals surface area contributed by atoms with Crippen LogP contribution in [0.25, 0.3) is 0 Å². The number of ether oxygens (including phenoxy) is 3. The highest BCUT2D eigenvalue weighted by atomic mass is 79.9. The average molecular weight is 326 g/mol. The van der Waals surface area contributed by atoms with E-state index in [-0.39, 0.29) is 6.01 Å². The van der Waals surface area contributed by atoms with Crippen LogP contribution in [0.1, 0.15) is 0 Å². The smallest absolute Gasteiger partial charge is 0.328 e. The number of hydrogen-bond acceptors (Lipinski definition) is 6. The Morgan fingerprint density at radius 2 is 1.74 bits per heavy atom. The number of hydrogen-bond donors (Lipinski definition) is 1. The molecule has 0 unspecified atom stereocenters. The average Bonchev–Trinajstić information content (AvgIpc) is 2.42. The Morgan fingerprint density at radius 1 is 1.11 bits per heavy atom. The van der Waals surface area contributed by atoms with Crippen LogP contribution >= 0.6 is 15.9 Å². The molecular formula is C12H12BrN3O3. The molecule has 0 fully saturated rings. The lowest BCUT2D eigenvalue weighted by atomic mass is 10.3. The molecule has 0 aliphatic rings. The summed E-state index contributed by atoms with van der Waals surface area (Å²) in [6, 6.07) is 6.98. The molecule has 0 radical (unpaired) electrons. The van der Waals surface area contributed by atoms with E-state index in [9.17, 15) is 0 Å². The fraction of sp³-hybridized carbons (Fsp3) is 0.167. The van der Waals surface area contributed by atoms with Gasteiger partial charge in [0.1, 0.15) is 0 Å². The lowest BCUT2D eigenvalue weighted by molar-refractivity contribution is 0.348. The van der Waals surface area contributed by atoms with Gasteiger partial charge in [-0.25, -0.2) is 0 Å². The van der Waals surface area contributed by atoms with Crippen LogP contribution in [-0.4, -0.2) is 24.2 Å². The van der Waals surface area contributed by atoms with E-state index in [2.05, 4.69) is 25.9 Å². The molecule has 2 rings (SSSR count). The van der Waals surface area contributed by atoms with Crippen molar-refractivity contribution in [2.45, 2.75) is 0 Å². The van der Waals surface area contributed by atoms with E-state index in [0.717, 1.165) is 0 Å². The summed E-state index contributed by atoms with van der Waals surface area (Å²) >= 11 is 3.35. The van der Waals surface area contributed by atoms with Crippen LogP contribution in [0, 0.1) is 0 Å². The van der Waals surface area contributed by atoms with Crippen molar-refractivity contribution in [2.24, 2.45) is 0 Å². The zero-order chi connectivity index (χ0) is 13.8. The lowest BCUT2D eigenvalue weighted by Gasteiger charge is -2.10. The van der Waals surface area contributed by atoms with Gasteiger partial charge in [0, 0.05) is 0 Å². The third-order valence-corrected chi connectivity index (χ3v) is 2.89. The van der Waals surface area contributed by atoms with Crippen LogP contribution in [0.3, 0.4) is 0 Å². The standard InChI is InChI=1S/C12H12BrN3O3/c1-17-9-6-10(18-2)16-12(15-9)19-11-7(13)4-3-5-8(11)14/h3-6H,14H2,1-2H3. The highest BCUT2D eigenvalue weighted by Crippen LogP contribution is 2.34. The number of rotatable bonds is 4. The quantitative estimate of drug-likeness (QED) is 0.870. The zero-order valence-electron chi connectivity index (χ0n) is 10.4. The van der Waals surface area contributed by atoms with Gasteiger partial charge in [0.25, 0.3) is 0 Å². The van der Waals surface area contributed by atoms with Crippen LogP contribution in [0.15, 0.2) is 28.7 Å². The van der Waals surface area contributed by atoms with E-state index in [1.54, 1.807) is 18.2 Å². The second-order valence-corrected chi connectivity index (χ2v) is 4.35. The molecule has 0 spiro atoms. The topological polar surface area (TPSA) is 79.5 Å². The number of para-hydroxylation sites is 1. The number of nitrogen functional groups attached to an aromatic ring is 1. The summed E-state index contributed by atoms with van der Waals surface area (Å²) in [6.07, 6.45) is 0. The van der Waals surface area contributed by atoms with Gasteiger partial charge in [-0.2, -0.15) is 9.97 Å². The van der Waals surface area contributed by atoms with E-state index >= 15 is 0 Å². The minimum absolute atomic E-state index is 0.0924. The number of benzene rings is 1. The van der Waals surface area contributed by atoms with E-state index in [4.69, 9.17) is 19.9 Å². The summed E-state index contributed by atoms with van der Waals surface area (Å²) in [7, 11) is 3.00. The first-order valence-corrected chi connectivity index (χ1v) is 6.12. The molecule has 0 bridgehead atoms. The van der Waals surface area contributed by atoms with Gasteiger partial charge in [-0.3, -0.25) is 0 Å². The van der Waals surface area contributed by atoms with E-state index < -0.39 is 0 Å². The number of anilines is 1. The third kappa shape index (κ3) is 3.05. The first-order valence-electron chi connectivity index (χ1n) is 5.33. The predicted molar refractivity (Wildman–Crippen MR) is 73.8 cm³/mol. The first-order chi connectivity index (χ1) is 9.13. The van der Waals surface area contributed by atoms with Gasteiger partial charge in [0.05, 0.1) is 30.4 Å². The van der Waals surface area contributed by atoms with Crippen molar-refractivity contribution in [1.82, 2.24) is 9.97 Å². The Hall–Kier alpha value is -2.02. The Bertz CT molecular complexity index is 550. The zero-order valence-corrected chi connectivity index (χ0v) is 12.0. The van der Waals surface area contributed by atoms with Gasteiger partial charge in [0.2, 0.25) is 11.8 Å². The number of halogens is 1. The highest BCUT2D eigenvalue weighted by molar-refractivity contribution is 9.10. The molecule has 2 aromatic rings. The third-order valence-electron chi connectivity index (χ3n) is 2.27. The fourth-order valence-electron chi connectivity index (χ4n) is 1.36. The summed E-state index contributed by atoms with van der Waals surface area (Å²) in [4.78, 5) is 8.13. The summed E-state index contributed by atoms with van der Waals surface area (Å²) < 4.78 is 16.4. The summed E-state index contributed by atoms with van der Waals surface area (Å²) in [5.74, 6) is 1.12. The summed E-state index contributed by atoms with van der Waals surface area (Å²) in [5, 5.41) is 0. The SMILES string of the molecule is COc1cc(OC)nc(Oc2c(N)cccc2Br)n1. The molecule has 100 valence electrons. The lowest BCUT2D eigenvalue weighted by Crippen LogP contribution is -2.00. The summed E-state index contributed by atoms with van der Waals surface area (Å²) in [5.41, 5.74) is 6.31. The molecule has 1 aromatic heterocycles. The Kier molecular flexibility index (Phi) is 4.06. The normalized spacial score (nSPS) is 10.1. The molecule has 0 amide bonds. The molecular weight excluding hydrogens is 314 g/mol. The molecule has 0 aliphatic heterocycles. The van der Waals surface area contributed by atoms with Gasteiger partial charge in [-0.05, 0) is 28.1 Å². The van der Waals surface area contributed by atoms with Gasteiger partial charge in [-0.15, -0.1) is 0 Å². The van der Waals surface area contributed by atoms with Crippen molar-refractivity contribution < 1.29 is 14.2 Å². The van der Waals surface area contributed by atoms with Gasteiger partial charge in [-0.1, -0.05) is 6.07 Å². The maximum atomic E-state index is 5.84. The maximum absolute atomic E-state index is 5.84. The number of methoxy groups -OCH3 is 2. The molecule has 0 atom stereocenters. The van der Waals surface area contributed by atoms with Crippen molar-refractivity contribution in [2.75, 3.05) is 20.0 Å². The minimum atomic E-state index is 0.0924. The molecule has 2 N–H and O–H groups in total. The van der Waals surface area contributed by atoms with Crippen LogP contribution in [0.2, 0.25) is 0 Å². The minimum Gasteiger partial charge on any atom is -0.481 e. The van der Waals surface area contributed by atoms with Gasteiger partial charge >= 0.3 is 6.01 Å². The van der Waals surface area contributed by atoms with E-state index in [1.165, 1.54) is 14.2 Å². The second-order valence-electron chi connectivity index (χ2n) is 3.50. The maximum Gasteiger partial charge on any atom is 0.328 e. The van der Waals surface area contributed by atoms with Gasteiger partial charge in [0.15, 0.2) is 5.75 Å². The molecule has 0 aliphatic carbocycles. The number of nitrogens with two attached hydrogens (primary N) is 1. The Balaban J connectivity index is 2.37. The van der Waals surface area contributed by atoms with Gasteiger partial charge < -0.3 is 19.9 Å². The molecule has 1 heterocycles. The van der Waals surface area contributed by atoms with Crippen molar-refractivity contribution in [3.63, 3.8) is 0 Å². The Labute approximate surface area is 118 Å². The molecule has 6 nitrogen and oxygen atoms in total. The molecule has 1 aromatic carbocycles. The predicted octanol–water partition coefficient (Wildman–Crippen LogP) is 2.63. The van der Waals surface area contributed by atoms with E-state index in [1.807, 2.05) is 6.07 Å². The van der Waals surface area contributed by atoms with Crippen molar-refractivity contribution >= 4 is 21.6 Å². The fourth-order valence-corrected chi connectivity index (χ4v) is 1.83. The van der Waals surface area contributed by atoms with Crippen LogP contribution in [0.4, 0.5) is 5.69 Å². The molecule has 19 heavy (non-hydrogen) atoms. The van der Waals surface area contributed by atoms with Crippen molar-refractivity contribution in [3.8, 4) is 23.5 Å². The highest BCUT2D eigenvalue weighted by Gasteiger charge is 2.11. The van der Waals surface area contributed by atoms with Crippen molar-refractivity contribution in [3.05, 3.63) is 28.7 Å². The molecule has 0 saturated heterocycles. The molecule has 7 heteroatoms. The molecule has 0 saturated carbocycles. The monoisotopic (exact) mass is 325 g/mol. The van der Waals surface area contributed by atoms with Crippen molar-refractivity contribution in [1.29, 1.82) is 0 Å². The van der Waals surface area contributed by atoms with Crippen LogP contribution in [0.5, 0.6) is 23.5 Å². The Morgan fingerprint density at radius 3 is 2.26 bits per heavy atom.